The molecule has 1 aromatic heterocycles. The van der Waals surface area contributed by atoms with E-state index < -0.39 is 0 Å². The van der Waals surface area contributed by atoms with Crippen molar-refractivity contribution in [1.29, 1.82) is 0 Å². The molecule has 1 fully saturated rings. The van der Waals surface area contributed by atoms with Gasteiger partial charge < -0.3 is 9.15 Å². The Morgan fingerprint density at radius 3 is 2.67 bits per heavy atom. The fourth-order valence-electron chi connectivity index (χ4n) is 2.29. The highest BCUT2D eigenvalue weighted by Gasteiger charge is 2.15. The second-order valence-corrected chi connectivity index (χ2v) is 4.68. The van der Waals surface area contributed by atoms with Crippen molar-refractivity contribution >= 4 is 5.97 Å². The first-order chi connectivity index (χ1) is 8.79. The maximum atomic E-state index is 11.5. The van der Waals surface area contributed by atoms with Crippen LogP contribution < -0.4 is 0 Å². The molecule has 1 aromatic rings. The predicted octanol–water partition coefficient (Wildman–Crippen LogP) is 2.83. The van der Waals surface area contributed by atoms with Crippen LogP contribution in [-0.4, -0.2) is 30.6 Å². The highest BCUT2D eigenvalue weighted by atomic mass is 16.5. The monoisotopic (exact) mass is 251 g/mol. The number of carbonyl (C=O) groups is 1. The van der Waals surface area contributed by atoms with Gasteiger partial charge in [-0.05, 0) is 45.0 Å². The minimum Gasteiger partial charge on any atom is -0.460 e. The summed E-state index contributed by atoms with van der Waals surface area (Å²) in [4.78, 5) is 13.9. The van der Waals surface area contributed by atoms with Gasteiger partial charge in [-0.2, -0.15) is 0 Å². The molecule has 0 saturated carbocycles. The van der Waals surface area contributed by atoms with Crippen molar-refractivity contribution in [3.63, 3.8) is 0 Å². The van der Waals surface area contributed by atoms with Crippen LogP contribution in [0.4, 0.5) is 0 Å². The molecule has 0 unspecified atom stereocenters. The van der Waals surface area contributed by atoms with Gasteiger partial charge in [-0.15, -0.1) is 0 Å². The molecular weight excluding hydrogens is 230 g/mol. The van der Waals surface area contributed by atoms with E-state index in [1.54, 1.807) is 13.0 Å². The number of carbonyl (C=O) groups excluding carboxylic acids is 1. The molecule has 0 N–H and O–H groups in total. The topological polar surface area (TPSA) is 42.7 Å². The quantitative estimate of drug-likeness (QED) is 0.772. The molecule has 2 heterocycles. The average Bonchev–Trinajstić information content (AvgIpc) is 2.67. The fourth-order valence-corrected chi connectivity index (χ4v) is 2.29. The average molecular weight is 251 g/mol. The molecule has 1 aliphatic rings. The Balaban J connectivity index is 1.91. The number of nitrogens with zero attached hydrogens (tertiary/aromatic N) is 1. The van der Waals surface area contributed by atoms with Crippen LogP contribution in [-0.2, 0) is 11.3 Å². The van der Waals surface area contributed by atoms with Gasteiger partial charge in [-0.1, -0.05) is 12.8 Å². The molecule has 0 amide bonds. The van der Waals surface area contributed by atoms with Crippen LogP contribution in [0.3, 0.4) is 0 Å². The van der Waals surface area contributed by atoms with Crippen LogP contribution in [0.2, 0.25) is 0 Å². The number of likely N-dealkylation sites (tertiary alicyclic amines) is 1. The summed E-state index contributed by atoms with van der Waals surface area (Å²) in [6.45, 7) is 5.20. The first-order valence-electron chi connectivity index (χ1n) is 6.78. The van der Waals surface area contributed by atoms with E-state index in [1.165, 1.54) is 25.7 Å². The minimum absolute atomic E-state index is 0.307. The molecule has 0 spiro atoms. The van der Waals surface area contributed by atoms with Crippen molar-refractivity contribution in [3.8, 4) is 0 Å². The van der Waals surface area contributed by atoms with E-state index >= 15 is 0 Å². The molecule has 18 heavy (non-hydrogen) atoms. The van der Waals surface area contributed by atoms with Gasteiger partial charge in [0, 0.05) is 0 Å². The SMILES string of the molecule is CCOC(=O)c1ccc(CN2CCCCCC2)o1. The Morgan fingerprint density at radius 1 is 1.28 bits per heavy atom. The number of rotatable bonds is 4. The Labute approximate surface area is 108 Å². The number of esters is 1. The van der Waals surface area contributed by atoms with Crippen LogP contribution in [0.25, 0.3) is 0 Å². The van der Waals surface area contributed by atoms with Crippen LogP contribution in [0, 0.1) is 0 Å². The molecule has 4 heteroatoms. The zero-order chi connectivity index (χ0) is 12.8. The van der Waals surface area contributed by atoms with Crippen molar-refractivity contribution < 1.29 is 13.9 Å². The summed E-state index contributed by atoms with van der Waals surface area (Å²) >= 11 is 0. The molecular formula is C14H21NO3. The molecule has 1 aliphatic heterocycles. The summed E-state index contributed by atoms with van der Waals surface area (Å²) in [5.74, 6) is 0.779. The molecule has 100 valence electrons. The Kier molecular flexibility index (Phi) is 4.81. The summed E-state index contributed by atoms with van der Waals surface area (Å²) in [6.07, 6.45) is 5.16. The van der Waals surface area contributed by atoms with Gasteiger partial charge >= 0.3 is 5.97 Å². The van der Waals surface area contributed by atoms with Crippen molar-refractivity contribution in [2.24, 2.45) is 0 Å². The van der Waals surface area contributed by atoms with E-state index in [4.69, 9.17) is 9.15 Å². The van der Waals surface area contributed by atoms with E-state index in [-0.39, 0.29) is 5.97 Å². The normalized spacial score (nSPS) is 17.4. The maximum absolute atomic E-state index is 11.5. The van der Waals surface area contributed by atoms with Crippen LogP contribution in [0.1, 0.15) is 48.9 Å². The van der Waals surface area contributed by atoms with Crippen molar-refractivity contribution in [2.45, 2.75) is 39.2 Å². The molecule has 0 aliphatic carbocycles. The number of furan rings is 1. The highest BCUT2D eigenvalue weighted by molar-refractivity contribution is 5.86. The minimum atomic E-state index is -0.375. The fraction of sp³-hybridized carbons (Fsp3) is 0.643. The third kappa shape index (κ3) is 3.60. The van der Waals surface area contributed by atoms with Crippen molar-refractivity contribution in [2.75, 3.05) is 19.7 Å². The van der Waals surface area contributed by atoms with E-state index in [9.17, 15) is 4.79 Å². The van der Waals surface area contributed by atoms with Gasteiger partial charge in [0.1, 0.15) is 5.76 Å². The maximum Gasteiger partial charge on any atom is 0.374 e. The first kappa shape index (κ1) is 13.1. The first-order valence-corrected chi connectivity index (χ1v) is 6.78. The lowest BCUT2D eigenvalue weighted by Gasteiger charge is -2.17. The molecule has 2 rings (SSSR count). The standard InChI is InChI=1S/C14H21NO3/c1-2-17-14(16)13-8-7-12(18-13)11-15-9-5-3-4-6-10-15/h7-8H,2-6,9-11H2,1H3. The summed E-state index contributed by atoms with van der Waals surface area (Å²) < 4.78 is 10.4. The second-order valence-electron chi connectivity index (χ2n) is 4.68. The summed E-state index contributed by atoms with van der Waals surface area (Å²) in [5, 5.41) is 0. The van der Waals surface area contributed by atoms with Gasteiger partial charge in [-0.25, -0.2) is 4.79 Å². The number of hydrogen-bond donors (Lipinski definition) is 0. The van der Waals surface area contributed by atoms with Crippen LogP contribution in [0.5, 0.6) is 0 Å². The van der Waals surface area contributed by atoms with E-state index in [2.05, 4.69) is 4.90 Å². The smallest absolute Gasteiger partial charge is 0.374 e. The zero-order valence-electron chi connectivity index (χ0n) is 11.0. The number of ether oxygens (including phenoxy) is 1. The Morgan fingerprint density at radius 2 is 2.00 bits per heavy atom. The van der Waals surface area contributed by atoms with E-state index in [1.807, 2.05) is 6.07 Å². The molecule has 0 radical (unpaired) electrons. The van der Waals surface area contributed by atoms with Gasteiger partial charge in [0.2, 0.25) is 5.76 Å². The highest BCUT2D eigenvalue weighted by Crippen LogP contribution is 2.15. The van der Waals surface area contributed by atoms with Crippen molar-refractivity contribution in [3.05, 3.63) is 23.7 Å². The van der Waals surface area contributed by atoms with Crippen LogP contribution in [0.15, 0.2) is 16.5 Å². The lowest BCUT2D eigenvalue weighted by Crippen LogP contribution is -2.23. The molecule has 0 atom stereocenters. The molecule has 0 bridgehead atoms. The van der Waals surface area contributed by atoms with E-state index in [0.717, 1.165) is 25.4 Å². The summed E-state index contributed by atoms with van der Waals surface area (Å²) in [5.41, 5.74) is 0. The predicted molar refractivity (Wildman–Crippen MR) is 68.4 cm³/mol. The third-order valence-corrected chi connectivity index (χ3v) is 3.22. The van der Waals surface area contributed by atoms with Gasteiger partial charge in [0.25, 0.3) is 0 Å². The van der Waals surface area contributed by atoms with Gasteiger partial charge in [0.15, 0.2) is 0 Å². The van der Waals surface area contributed by atoms with E-state index in [0.29, 0.717) is 12.4 Å². The summed E-state index contributed by atoms with van der Waals surface area (Å²) in [7, 11) is 0. The lowest BCUT2D eigenvalue weighted by molar-refractivity contribution is 0.0486. The zero-order valence-corrected chi connectivity index (χ0v) is 11.0. The summed E-state index contributed by atoms with van der Waals surface area (Å²) in [6, 6.07) is 3.57. The molecule has 0 aromatic carbocycles. The Bertz CT molecular complexity index is 378. The molecule has 1 saturated heterocycles. The molecule has 4 nitrogen and oxygen atoms in total. The third-order valence-electron chi connectivity index (χ3n) is 3.22. The van der Waals surface area contributed by atoms with Crippen LogP contribution >= 0.6 is 0 Å². The van der Waals surface area contributed by atoms with Gasteiger partial charge in [0.05, 0.1) is 13.2 Å². The number of hydrogen-bond acceptors (Lipinski definition) is 4. The second kappa shape index (κ2) is 6.59. The van der Waals surface area contributed by atoms with Crippen molar-refractivity contribution in [1.82, 2.24) is 4.90 Å². The Hall–Kier alpha value is -1.29. The largest absolute Gasteiger partial charge is 0.460 e. The van der Waals surface area contributed by atoms with Gasteiger partial charge in [-0.3, -0.25) is 4.90 Å². The lowest BCUT2D eigenvalue weighted by atomic mass is 10.2.